The topological polar surface area (TPSA) is 38.5 Å². The van der Waals surface area contributed by atoms with Crippen molar-refractivity contribution in [2.45, 2.75) is 45.2 Å². The average Bonchev–Trinajstić information content (AvgIpc) is 2.44. The molecule has 1 saturated heterocycles. The Balaban J connectivity index is 1.94. The molecule has 1 fully saturated rings. The van der Waals surface area contributed by atoms with Gasteiger partial charge in [0.2, 0.25) is 0 Å². The minimum absolute atomic E-state index is 0.672. The van der Waals surface area contributed by atoms with Gasteiger partial charge in [-0.3, -0.25) is 4.90 Å². The maximum absolute atomic E-state index is 5.72. The van der Waals surface area contributed by atoms with Crippen LogP contribution in [-0.2, 0) is 6.54 Å². The number of nitrogens with two attached hydrogens (primary N) is 1. The Hall–Kier alpha value is -1.06. The smallest absolute Gasteiger partial charge is 0.119 e. The van der Waals surface area contributed by atoms with E-state index in [-0.39, 0.29) is 0 Å². The third kappa shape index (κ3) is 4.22. The molecule has 0 aliphatic carbocycles. The van der Waals surface area contributed by atoms with Crippen molar-refractivity contribution >= 4 is 0 Å². The number of rotatable bonds is 6. The van der Waals surface area contributed by atoms with Gasteiger partial charge in [-0.15, -0.1) is 0 Å². The molecule has 3 heteroatoms. The zero-order chi connectivity index (χ0) is 13.5. The Bertz CT molecular complexity index is 362. The molecule has 2 rings (SSSR count). The molecule has 1 aliphatic rings. The van der Waals surface area contributed by atoms with Gasteiger partial charge in [-0.25, -0.2) is 0 Å². The number of hydrogen-bond donors (Lipinski definition) is 1. The van der Waals surface area contributed by atoms with E-state index in [4.69, 9.17) is 10.5 Å². The molecular weight excluding hydrogens is 236 g/mol. The second kappa shape index (κ2) is 7.51. The Labute approximate surface area is 116 Å². The predicted molar refractivity (Wildman–Crippen MR) is 79.3 cm³/mol. The summed E-state index contributed by atoms with van der Waals surface area (Å²) in [5.74, 6) is 0.961. The molecule has 1 aliphatic heterocycles. The lowest BCUT2D eigenvalue weighted by atomic mass is 9.98. The lowest BCUT2D eigenvalue weighted by molar-refractivity contribution is 0.134. The van der Waals surface area contributed by atoms with Gasteiger partial charge in [0, 0.05) is 12.6 Å². The normalized spacial score (nSPS) is 20.4. The van der Waals surface area contributed by atoms with Gasteiger partial charge < -0.3 is 10.5 Å². The first-order valence-electron chi connectivity index (χ1n) is 7.49. The number of ether oxygens (including phenoxy) is 1. The molecule has 0 radical (unpaired) electrons. The molecule has 3 nitrogen and oxygen atoms in total. The average molecular weight is 262 g/mol. The van der Waals surface area contributed by atoms with Crippen LogP contribution in [0.1, 0.15) is 38.2 Å². The van der Waals surface area contributed by atoms with E-state index >= 15 is 0 Å². The maximum atomic E-state index is 5.72. The van der Waals surface area contributed by atoms with Crippen molar-refractivity contribution in [3.8, 4) is 5.75 Å². The summed E-state index contributed by atoms with van der Waals surface area (Å²) in [6.07, 6.45) is 5.09. The van der Waals surface area contributed by atoms with Crippen LogP contribution in [-0.4, -0.2) is 30.6 Å². The van der Waals surface area contributed by atoms with Crippen molar-refractivity contribution in [2.24, 2.45) is 5.73 Å². The fraction of sp³-hybridized carbons (Fsp3) is 0.625. The van der Waals surface area contributed by atoms with Crippen LogP contribution in [0.5, 0.6) is 5.75 Å². The maximum Gasteiger partial charge on any atom is 0.119 e. The molecule has 1 atom stereocenters. The quantitative estimate of drug-likeness (QED) is 0.856. The van der Waals surface area contributed by atoms with E-state index in [9.17, 15) is 0 Å². The monoisotopic (exact) mass is 262 g/mol. The molecular formula is C16H26N2O. The standard InChI is InChI=1S/C16H26N2O/c1-2-19-16-8-6-14(7-9-16)13-18-12-4-3-5-15(18)10-11-17/h6-9,15H,2-5,10-13,17H2,1H3. The van der Waals surface area contributed by atoms with Crippen LogP contribution in [0.2, 0.25) is 0 Å². The van der Waals surface area contributed by atoms with Gasteiger partial charge in [0.25, 0.3) is 0 Å². The number of nitrogens with zero attached hydrogens (tertiary/aromatic N) is 1. The summed E-state index contributed by atoms with van der Waals surface area (Å²) in [4.78, 5) is 2.59. The van der Waals surface area contributed by atoms with Crippen LogP contribution in [0.3, 0.4) is 0 Å². The summed E-state index contributed by atoms with van der Waals surface area (Å²) in [7, 11) is 0. The summed E-state index contributed by atoms with van der Waals surface area (Å²) < 4.78 is 5.48. The van der Waals surface area contributed by atoms with E-state index in [2.05, 4.69) is 29.2 Å². The van der Waals surface area contributed by atoms with Gasteiger partial charge in [0.1, 0.15) is 5.75 Å². The second-order valence-electron chi connectivity index (χ2n) is 5.27. The van der Waals surface area contributed by atoms with Crippen LogP contribution in [0, 0.1) is 0 Å². The van der Waals surface area contributed by atoms with Gasteiger partial charge in [-0.2, -0.15) is 0 Å². The fourth-order valence-corrected chi connectivity index (χ4v) is 2.88. The molecule has 1 aromatic carbocycles. The van der Waals surface area contributed by atoms with E-state index in [1.54, 1.807) is 0 Å². The van der Waals surface area contributed by atoms with Gasteiger partial charge >= 0.3 is 0 Å². The zero-order valence-corrected chi connectivity index (χ0v) is 12.0. The van der Waals surface area contributed by atoms with Crippen molar-refractivity contribution in [1.29, 1.82) is 0 Å². The molecule has 0 amide bonds. The van der Waals surface area contributed by atoms with Crippen molar-refractivity contribution in [1.82, 2.24) is 4.90 Å². The zero-order valence-electron chi connectivity index (χ0n) is 12.0. The van der Waals surface area contributed by atoms with Crippen molar-refractivity contribution in [2.75, 3.05) is 19.7 Å². The predicted octanol–water partition coefficient (Wildman–Crippen LogP) is 2.79. The third-order valence-corrected chi connectivity index (χ3v) is 3.87. The second-order valence-corrected chi connectivity index (χ2v) is 5.27. The van der Waals surface area contributed by atoms with Crippen LogP contribution in [0.25, 0.3) is 0 Å². The first kappa shape index (κ1) is 14.4. The molecule has 1 heterocycles. The Kier molecular flexibility index (Phi) is 5.67. The SMILES string of the molecule is CCOc1ccc(CN2CCCCC2CCN)cc1. The van der Waals surface area contributed by atoms with E-state index in [1.165, 1.54) is 31.4 Å². The third-order valence-electron chi connectivity index (χ3n) is 3.87. The Morgan fingerprint density at radius 1 is 1.26 bits per heavy atom. The van der Waals surface area contributed by atoms with Gasteiger partial charge in [-0.05, 0) is 57.0 Å². The van der Waals surface area contributed by atoms with E-state index in [1.807, 2.05) is 6.92 Å². The summed E-state index contributed by atoms with van der Waals surface area (Å²) in [6, 6.07) is 9.17. The highest BCUT2D eigenvalue weighted by Crippen LogP contribution is 2.22. The van der Waals surface area contributed by atoms with Gasteiger partial charge in [-0.1, -0.05) is 18.6 Å². The molecule has 0 saturated carbocycles. The lowest BCUT2D eigenvalue weighted by Crippen LogP contribution is -2.40. The molecule has 0 spiro atoms. The lowest BCUT2D eigenvalue weighted by Gasteiger charge is -2.35. The van der Waals surface area contributed by atoms with Crippen LogP contribution in [0.4, 0.5) is 0 Å². The van der Waals surface area contributed by atoms with Crippen molar-refractivity contribution < 1.29 is 4.74 Å². The number of piperidine rings is 1. The first-order valence-corrected chi connectivity index (χ1v) is 7.49. The minimum Gasteiger partial charge on any atom is -0.494 e. The Morgan fingerprint density at radius 3 is 2.74 bits per heavy atom. The van der Waals surface area contributed by atoms with Crippen LogP contribution in [0.15, 0.2) is 24.3 Å². The number of hydrogen-bond acceptors (Lipinski definition) is 3. The van der Waals surface area contributed by atoms with Gasteiger partial charge in [0.05, 0.1) is 6.61 Å². The molecule has 2 N–H and O–H groups in total. The van der Waals surface area contributed by atoms with E-state index < -0.39 is 0 Å². The highest BCUT2D eigenvalue weighted by molar-refractivity contribution is 5.27. The summed E-state index contributed by atoms with van der Waals surface area (Å²) in [6.45, 7) is 5.78. The molecule has 19 heavy (non-hydrogen) atoms. The highest BCUT2D eigenvalue weighted by atomic mass is 16.5. The van der Waals surface area contributed by atoms with Crippen molar-refractivity contribution in [3.05, 3.63) is 29.8 Å². The first-order chi connectivity index (χ1) is 9.33. The number of likely N-dealkylation sites (tertiary alicyclic amines) is 1. The molecule has 0 bridgehead atoms. The van der Waals surface area contributed by atoms with E-state index in [0.29, 0.717) is 6.04 Å². The molecule has 1 unspecified atom stereocenters. The largest absolute Gasteiger partial charge is 0.494 e. The highest BCUT2D eigenvalue weighted by Gasteiger charge is 2.21. The van der Waals surface area contributed by atoms with Crippen LogP contribution < -0.4 is 10.5 Å². The molecule has 0 aromatic heterocycles. The summed E-state index contributed by atoms with van der Waals surface area (Å²) in [5, 5.41) is 0. The summed E-state index contributed by atoms with van der Waals surface area (Å²) in [5.41, 5.74) is 7.09. The molecule has 106 valence electrons. The summed E-state index contributed by atoms with van der Waals surface area (Å²) >= 11 is 0. The van der Waals surface area contributed by atoms with Crippen molar-refractivity contribution in [3.63, 3.8) is 0 Å². The minimum atomic E-state index is 0.672. The number of benzene rings is 1. The van der Waals surface area contributed by atoms with Crippen LogP contribution >= 0.6 is 0 Å². The Morgan fingerprint density at radius 2 is 2.05 bits per heavy atom. The van der Waals surface area contributed by atoms with Gasteiger partial charge in [0.15, 0.2) is 0 Å². The molecule has 1 aromatic rings. The van der Waals surface area contributed by atoms with E-state index in [0.717, 1.165) is 31.9 Å². The fourth-order valence-electron chi connectivity index (χ4n) is 2.88.